The lowest BCUT2D eigenvalue weighted by Crippen LogP contribution is -2.29. The monoisotopic (exact) mass is 371 g/mol. The topological polar surface area (TPSA) is 66.8 Å². The van der Waals surface area contributed by atoms with Gasteiger partial charge in [-0.05, 0) is 40.6 Å². The van der Waals surface area contributed by atoms with Crippen molar-refractivity contribution < 1.29 is 22.7 Å². The molecular weight excluding hydrogens is 353 g/mol. The standard InChI is InChI=1S/C16H18FNO4S2/c1-22-16-3-2-13(6-15(16)17)24(20,21)18-7-12(9-19)14(8-18)11-4-5-23-10-11/h2-6,10,12,14,19H,7-9H2,1H3/t12-,14+/m0/s1. The van der Waals surface area contributed by atoms with E-state index in [-0.39, 0.29) is 42.2 Å². The molecule has 1 aromatic heterocycles. The van der Waals surface area contributed by atoms with Crippen molar-refractivity contribution in [3.8, 4) is 5.75 Å². The lowest BCUT2D eigenvalue weighted by molar-refractivity contribution is 0.223. The van der Waals surface area contributed by atoms with Crippen LogP contribution in [0.3, 0.4) is 0 Å². The third kappa shape index (κ3) is 3.06. The van der Waals surface area contributed by atoms with Crippen molar-refractivity contribution in [1.29, 1.82) is 0 Å². The first-order valence-corrected chi connectivity index (χ1v) is 9.82. The molecule has 1 aromatic carbocycles. The van der Waals surface area contributed by atoms with Gasteiger partial charge in [-0.3, -0.25) is 0 Å². The third-order valence-corrected chi connectivity index (χ3v) is 6.90. The highest BCUT2D eigenvalue weighted by Gasteiger charge is 2.40. The highest BCUT2D eigenvalue weighted by molar-refractivity contribution is 7.89. The highest BCUT2D eigenvalue weighted by Crippen LogP contribution is 2.36. The average Bonchev–Trinajstić information content (AvgIpc) is 3.23. The number of thiophene rings is 1. The molecule has 1 saturated heterocycles. The molecule has 0 aliphatic carbocycles. The van der Waals surface area contributed by atoms with Crippen LogP contribution in [-0.2, 0) is 10.0 Å². The molecule has 0 bridgehead atoms. The Morgan fingerprint density at radius 3 is 2.75 bits per heavy atom. The van der Waals surface area contributed by atoms with E-state index in [4.69, 9.17) is 4.74 Å². The fourth-order valence-corrected chi connectivity index (χ4v) is 5.29. The van der Waals surface area contributed by atoms with Crippen molar-refractivity contribution in [2.75, 3.05) is 26.8 Å². The van der Waals surface area contributed by atoms with E-state index in [9.17, 15) is 17.9 Å². The molecular formula is C16H18FNO4S2. The average molecular weight is 371 g/mol. The molecule has 3 rings (SSSR count). The van der Waals surface area contributed by atoms with E-state index in [1.165, 1.54) is 34.9 Å². The maximum absolute atomic E-state index is 13.9. The van der Waals surface area contributed by atoms with Gasteiger partial charge in [0, 0.05) is 31.5 Å². The SMILES string of the molecule is COc1ccc(S(=O)(=O)N2C[C@@H](CO)[C@@H](c3ccsc3)C2)cc1F. The molecule has 1 aliphatic heterocycles. The Balaban J connectivity index is 1.89. The Morgan fingerprint density at radius 2 is 2.17 bits per heavy atom. The number of halogens is 1. The van der Waals surface area contributed by atoms with Crippen LogP contribution in [0, 0.1) is 11.7 Å². The largest absolute Gasteiger partial charge is 0.494 e. The second-order valence-corrected chi connectivity index (χ2v) is 8.44. The molecule has 0 radical (unpaired) electrons. The Kier molecular flexibility index (Phi) is 4.91. The third-order valence-electron chi connectivity index (χ3n) is 4.37. The van der Waals surface area contributed by atoms with Crippen LogP contribution in [0.15, 0.2) is 39.9 Å². The quantitative estimate of drug-likeness (QED) is 0.876. The molecule has 24 heavy (non-hydrogen) atoms. The lowest BCUT2D eigenvalue weighted by atomic mass is 9.92. The molecule has 1 N–H and O–H groups in total. The molecule has 2 atom stereocenters. The summed E-state index contributed by atoms with van der Waals surface area (Å²) in [6.07, 6.45) is 0. The molecule has 2 aromatic rings. The molecule has 8 heteroatoms. The molecule has 0 unspecified atom stereocenters. The van der Waals surface area contributed by atoms with Crippen LogP contribution in [0.1, 0.15) is 11.5 Å². The molecule has 130 valence electrons. The van der Waals surface area contributed by atoms with Gasteiger partial charge < -0.3 is 9.84 Å². The van der Waals surface area contributed by atoms with Gasteiger partial charge >= 0.3 is 0 Å². The first-order chi connectivity index (χ1) is 11.5. The number of ether oxygens (including phenoxy) is 1. The molecule has 1 fully saturated rings. The van der Waals surface area contributed by atoms with E-state index in [0.717, 1.165) is 11.6 Å². The molecule has 1 aliphatic rings. The zero-order valence-electron chi connectivity index (χ0n) is 13.1. The number of benzene rings is 1. The first-order valence-electron chi connectivity index (χ1n) is 7.44. The van der Waals surface area contributed by atoms with Crippen molar-refractivity contribution in [3.63, 3.8) is 0 Å². The van der Waals surface area contributed by atoms with Crippen molar-refractivity contribution in [2.45, 2.75) is 10.8 Å². The molecule has 0 amide bonds. The summed E-state index contributed by atoms with van der Waals surface area (Å²) < 4.78 is 45.6. The Labute approximate surface area is 144 Å². The Morgan fingerprint density at radius 1 is 1.38 bits per heavy atom. The second kappa shape index (κ2) is 6.79. The van der Waals surface area contributed by atoms with E-state index in [1.807, 2.05) is 16.8 Å². The Bertz CT molecular complexity index is 807. The van der Waals surface area contributed by atoms with Crippen LogP contribution in [0.25, 0.3) is 0 Å². The maximum Gasteiger partial charge on any atom is 0.243 e. The minimum atomic E-state index is -3.82. The van der Waals surface area contributed by atoms with E-state index >= 15 is 0 Å². The van der Waals surface area contributed by atoms with Crippen molar-refractivity contribution >= 4 is 21.4 Å². The van der Waals surface area contributed by atoms with E-state index < -0.39 is 15.8 Å². The van der Waals surface area contributed by atoms with E-state index in [0.29, 0.717) is 0 Å². The minimum absolute atomic E-state index is 0.000226. The van der Waals surface area contributed by atoms with Crippen LogP contribution in [0.2, 0.25) is 0 Å². The van der Waals surface area contributed by atoms with E-state index in [1.54, 1.807) is 0 Å². The smallest absolute Gasteiger partial charge is 0.243 e. The van der Waals surface area contributed by atoms with Gasteiger partial charge in [-0.1, -0.05) is 0 Å². The normalized spacial score (nSPS) is 22.0. The van der Waals surface area contributed by atoms with Crippen molar-refractivity contribution in [2.24, 2.45) is 5.92 Å². The van der Waals surface area contributed by atoms with Crippen LogP contribution < -0.4 is 4.74 Å². The molecule has 2 heterocycles. The number of sulfonamides is 1. The summed E-state index contributed by atoms with van der Waals surface area (Å²) >= 11 is 1.54. The highest BCUT2D eigenvalue weighted by atomic mass is 32.2. The first kappa shape index (κ1) is 17.3. The summed E-state index contributed by atoms with van der Waals surface area (Å²) in [6, 6.07) is 5.56. The summed E-state index contributed by atoms with van der Waals surface area (Å²) in [5, 5.41) is 13.5. The van der Waals surface area contributed by atoms with Gasteiger partial charge in [0.1, 0.15) is 0 Å². The summed E-state index contributed by atoms with van der Waals surface area (Å²) in [6.45, 7) is 0.397. The second-order valence-electron chi connectivity index (χ2n) is 5.72. The van der Waals surface area contributed by atoms with Gasteiger partial charge in [-0.25, -0.2) is 12.8 Å². The summed E-state index contributed by atoms with van der Waals surface area (Å²) in [7, 11) is -2.50. The van der Waals surface area contributed by atoms with Crippen LogP contribution >= 0.6 is 11.3 Å². The maximum atomic E-state index is 13.9. The van der Waals surface area contributed by atoms with Gasteiger partial charge in [-0.2, -0.15) is 15.6 Å². The molecule has 5 nitrogen and oxygen atoms in total. The zero-order chi connectivity index (χ0) is 17.3. The minimum Gasteiger partial charge on any atom is -0.494 e. The summed E-state index contributed by atoms with van der Waals surface area (Å²) in [5.41, 5.74) is 1.03. The van der Waals surface area contributed by atoms with Crippen LogP contribution in [-0.4, -0.2) is 44.6 Å². The Hall–Kier alpha value is -1.48. The number of aliphatic hydroxyl groups is 1. The van der Waals surface area contributed by atoms with Crippen molar-refractivity contribution in [3.05, 3.63) is 46.4 Å². The van der Waals surface area contributed by atoms with Crippen LogP contribution in [0.5, 0.6) is 5.75 Å². The van der Waals surface area contributed by atoms with Crippen molar-refractivity contribution in [1.82, 2.24) is 4.31 Å². The number of rotatable bonds is 5. The number of methoxy groups -OCH3 is 1. The number of aliphatic hydroxyl groups excluding tert-OH is 1. The molecule has 0 saturated carbocycles. The number of hydrogen-bond acceptors (Lipinski definition) is 5. The fraction of sp³-hybridized carbons (Fsp3) is 0.375. The predicted molar refractivity (Wildman–Crippen MR) is 89.3 cm³/mol. The van der Waals surface area contributed by atoms with Gasteiger partial charge in [0.05, 0.1) is 12.0 Å². The summed E-state index contributed by atoms with van der Waals surface area (Å²) in [5.74, 6) is -0.942. The van der Waals surface area contributed by atoms with Gasteiger partial charge in [0.25, 0.3) is 0 Å². The number of hydrogen-bond donors (Lipinski definition) is 1. The zero-order valence-corrected chi connectivity index (χ0v) is 14.7. The molecule has 0 spiro atoms. The summed E-state index contributed by atoms with van der Waals surface area (Å²) in [4.78, 5) is -0.108. The number of nitrogens with zero attached hydrogens (tertiary/aromatic N) is 1. The van der Waals surface area contributed by atoms with Gasteiger partial charge in [0.15, 0.2) is 11.6 Å². The lowest BCUT2D eigenvalue weighted by Gasteiger charge is -2.17. The fourth-order valence-electron chi connectivity index (χ4n) is 3.03. The predicted octanol–water partition coefficient (Wildman–Crippen LogP) is 2.29. The van der Waals surface area contributed by atoms with Gasteiger partial charge in [0.2, 0.25) is 10.0 Å². The van der Waals surface area contributed by atoms with Crippen LogP contribution in [0.4, 0.5) is 4.39 Å². The van der Waals surface area contributed by atoms with Gasteiger partial charge in [-0.15, -0.1) is 0 Å². The van der Waals surface area contributed by atoms with E-state index in [2.05, 4.69) is 0 Å².